The van der Waals surface area contributed by atoms with Crippen molar-refractivity contribution in [3.05, 3.63) is 34.9 Å². The lowest BCUT2D eigenvalue weighted by atomic mass is 10.1. The fourth-order valence-corrected chi connectivity index (χ4v) is 1.23. The molecule has 1 rings (SSSR count). The Morgan fingerprint density at radius 3 is 2.31 bits per heavy atom. The normalized spacial score (nSPS) is 9.77. The van der Waals surface area contributed by atoms with Gasteiger partial charge in [0, 0.05) is 25.5 Å². The summed E-state index contributed by atoms with van der Waals surface area (Å²) in [7, 11) is 3.91. The van der Waals surface area contributed by atoms with Crippen molar-refractivity contribution in [1.82, 2.24) is 4.90 Å². The number of benzene rings is 1. The fourth-order valence-electron chi connectivity index (χ4n) is 0.935. The van der Waals surface area contributed by atoms with E-state index in [1.54, 1.807) is 0 Å². The summed E-state index contributed by atoms with van der Waals surface area (Å²) >= 11 is 11.0. The number of rotatable bonds is 2. The highest BCUT2D eigenvalue weighted by atomic mass is 35.5. The minimum atomic E-state index is 0.763. The molecule has 0 bridgehead atoms. The molecule has 0 atom stereocenters. The van der Waals surface area contributed by atoms with E-state index < -0.39 is 0 Å². The number of likely N-dealkylation sites (N-methyl/N-ethyl adjacent to an activating group) is 1. The van der Waals surface area contributed by atoms with Crippen molar-refractivity contribution in [2.24, 2.45) is 0 Å². The predicted octanol–water partition coefficient (Wildman–Crippen LogP) is 2.77. The maximum absolute atomic E-state index is 5.77. The molecule has 0 aliphatic rings. The van der Waals surface area contributed by atoms with Gasteiger partial charge in [0.25, 0.3) is 0 Å². The van der Waals surface area contributed by atoms with Crippen LogP contribution in [0.2, 0.25) is 5.02 Å². The first-order valence-electron chi connectivity index (χ1n) is 4.04. The van der Waals surface area contributed by atoms with Crippen LogP contribution in [0.4, 0.5) is 0 Å². The maximum atomic E-state index is 5.77. The van der Waals surface area contributed by atoms with E-state index in [1.165, 1.54) is 5.56 Å². The molecule has 1 aromatic rings. The van der Waals surface area contributed by atoms with Gasteiger partial charge in [0.2, 0.25) is 0 Å². The molecule has 0 aliphatic carbocycles. The molecule has 1 aromatic carbocycles. The van der Waals surface area contributed by atoms with Crippen molar-refractivity contribution >= 4 is 28.8 Å². The minimum absolute atomic E-state index is 0.763. The average Bonchev–Trinajstić information content (AvgIpc) is 2.08. The Balaban J connectivity index is 2.65. The first-order valence-corrected chi connectivity index (χ1v) is 4.83. The standard InChI is InChI=1S/C10H12ClNS/c1-12(2)10(13)7-8-3-5-9(11)6-4-8/h3-6H,7H2,1-2H3. The predicted molar refractivity (Wildman–Crippen MR) is 61.4 cm³/mol. The van der Waals surface area contributed by atoms with Gasteiger partial charge in [0.15, 0.2) is 0 Å². The SMILES string of the molecule is CN(C)C(=S)Cc1ccc(Cl)cc1. The molecule has 0 saturated heterocycles. The Morgan fingerprint density at radius 1 is 1.31 bits per heavy atom. The largest absolute Gasteiger partial charge is 0.372 e. The van der Waals surface area contributed by atoms with E-state index in [1.807, 2.05) is 43.3 Å². The Morgan fingerprint density at radius 2 is 1.85 bits per heavy atom. The minimum Gasteiger partial charge on any atom is -0.372 e. The Kier molecular flexibility index (Phi) is 3.70. The van der Waals surface area contributed by atoms with Crippen LogP contribution in [-0.2, 0) is 6.42 Å². The smallest absolute Gasteiger partial charge is 0.0818 e. The maximum Gasteiger partial charge on any atom is 0.0818 e. The van der Waals surface area contributed by atoms with Crippen molar-refractivity contribution < 1.29 is 0 Å². The van der Waals surface area contributed by atoms with E-state index in [4.69, 9.17) is 23.8 Å². The third kappa shape index (κ3) is 3.33. The molecule has 0 heterocycles. The third-order valence-electron chi connectivity index (χ3n) is 1.77. The fraction of sp³-hybridized carbons (Fsp3) is 0.300. The molecule has 70 valence electrons. The molecule has 0 N–H and O–H groups in total. The molecule has 3 heteroatoms. The van der Waals surface area contributed by atoms with Gasteiger partial charge in [0.1, 0.15) is 0 Å². The molecule has 0 aromatic heterocycles. The molecule has 0 aliphatic heterocycles. The Hall–Kier alpha value is -0.600. The number of hydrogen-bond donors (Lipinski definition) is 0. The second-order valence-electron chi connectivity index (χ2n) is 3.09. The van der Waals surface area contributed by atoms with E-state index in [0.717, 1.165) is 16.4 Å². The Labute approximate surface area is 89.3 Å². The van der Waals surface area contributed by atoms with E-state index in [9.17, 15) is 0 Å². The van der Waals surface area contributed by atoms with Crippen molar-refractivity contribution in [1.29, 1.82) is 0 Å². The van der Waals surface area contributed by atoms with Crippen LogP contribution in [0.15, 0.2) is 24.3 Å². The monoisotopic (exact) mass is 213 g/mol. The highest BCUT2D eigenvalue weighted by Crippen LogP contribution is 2.10. The molecule has 0 radical (unpaired) electrons. The van der Waals surface area contributed by atoms with Crippen LogP contribution in [0.3, 0.4) is 0 Å². The third-order valence-corrected chi connectivity index (χ3v) is 2.53. The Bertz CT molecular complexity index is 292. The first kappa shape index (κ1) is 10.5. The van der Waals surface area contributed by atoms with Crippen LogP contribution in [0, 0.1) is 0 Å². The van der Waals surface area contributed by atoms with Crippen molar-refractivity contribution in [2.45, 2.75) is 6.42 Å². The summed E-state index contributed by atoms with van der Waals surface area (Å²) in [4.78, 5) is 2.88. The molecule has 0 saturated carbocycles. The van der Waals surface area contributed by atoms with E-state index in [2.05, 4.69) is 0 Å². The van der Waals surface area contributed by atoms with Crippen LogP contribution in [-0.4, -0.2) is 24.0 Å². The summed E-state index contributed by atoms with van der Waals surface area (Å²) in [6.07, 6.45) is 0.805. The van der Waals surface area contributed by atoms with Crippen LogP contribution < -0.4 is 0 Å². The molecule has 0 fully saturated rings. The van der Waals surface area contributed by atoms with Gasteiger partial charge in [-0.3, -0.25) is 0 Å². The van der Waals surface area contributed by atoms with Crippen LogP contribution in [0.5, 0.6) is 0 Å². The van der Waals surface area contributed by atoms with Gasteiger partial charge >= 0.3 is 0 Å². The van der Waals surface area contributed by atoms with E-state index >= 15 is 0 Å². The molecular formula is C10H12ClNS. The lowest BCUT2D eigenvalue weighted by Gasteiger charge is -2.13. The second-order valence-corrected chi connectivity index (χ2v) is 4.00. The topological polar surface area (TPSA) is 3.24 Å². The summed E-state index contributed by atoms with van der Waals surface area (Å²) in [5.41, 5.74) is 1.20. The molecule has 13 heavy (non-hydrogen) atoms. The number of hydrogen-bond acceptors (Lipinski definition) is 1. The summed E-state index contributed by atoms with van der Waals surface area (Å²) < 4.78 is 0. The van der Waals surface area contributed by atoms with E-state index in [0.29, 0.717) is 0 Å². The van der Waals surface area contributed by atoms with Crippen LogP contribution in [0.1, 0.15) is 5.56 Å². The number of thiocarbonyl (C=S) groups is 1. The molecule has 0 amide bonds. The molecule has 1 nitrogen and oxygen atoms in total. The highest BCUT2D eigenvalue weighted by Gasteiger charge is 2.00. The number of nitrogens with zero attached hydrogens (tertiary/aromatic N) is 1. The number of halogens is 1. The van der Waals surface area contributed by atoms with Crippen molar-refractivity contribution in [3.63, 3.8) is 0 Å². The summed E-state index contributed by atoms with van der Waals surface area (Å²) in [5.74, 6) is 0. The zero-order valence-corrected chi connectivity index (χ0v) is 9.32. The zero-order chi connectivity index (χ0) is 9.84. The van der Waals surface area contributed by atoms with Crippen molar-refractivity contribution in [3.8, 4) is 0 Å². The van der Waals surface area contributed by atoms with E-state index in [-0.39, 0.29) is 0 Å². The lowest BCUT2D eigenvalue weighted by Crippen LogP contribution is -2.21. The van der Waals surface area contributed by atoms with Crippen LogP contribution >= 0.6 is 23.8 Å². The van der Waals surface area contributed by atoms with Gasteiger partial charge in [-0.25, -0.2) is 0 Å². The van der Waals surface area contributed by atoms with Gasteiger partial charge in [-0.1, -0.05) is 36.0 Å². The van der Waals surface area contributed by atoms with Gasteiger partial charge in [-0.2, -0.15) is 0 Å². The molecule has 0 unspecified atom stereocenters. The van der Waals surface area contributed by atoms with Gasteiger partial charge < -0.3 is 4.90 Å². The zero-order valence-electron chi connectivity index (χ0n) is 7.75. The van der Waals surface area contributed by atoms with Gasteiger partial charge in [-0.15, -0.1) is 0 Å². The van der Waals surface area contributed by atoms with Gasteiger partial charge in [0.05, 0.1) is 4.99 Å². The summed E-state index contributed by atoms with van der Waals surface area (Å²) in [5, 5.41) is 0.763. The second kappa shape index (κ2) is 4.58. The average molecular weight is 214 g/mol. The first-order chi connectivity index (χ1) is 6.09. The van der Waals surface area contributed by atoms with Gasteiger partial charge in [-0.05, 0) is 17.7 Å². The lowest BCUT2D eigenvalue weighted by molar-refractivity contribution is 0.624. The highest BCUT2D eigenvalue weighted by molar-refractivity contribution is 7.80. The summed E-state index contributed by atoms with van der Waals surface area (Å²) in [6, 6.07) is 7.76. The summed E-state index contributed by atoms with van der Waals surface area (Å²) in [6.45, 7) is 0. The molecular weight excluding hydrogens is 202 g/mol. The van der Waals surface area contributed by atoms with Crippen molar-refractivity contribution in [2.75, 3.05) is 14.1 Å². The quantitative estimate of drug-likeness (QED) is 0.696. The molecule has 0 spiro atoms. The van der Waals surface area contributed by atoms with Crippen LogP contribution in [0.25, 0.3) is 0 Å².